The standard InChI is InChI=1S/C19H36N4O6/c1-4-20-5-7-21(13-17(25)26)9-11-23(18(16(2)3)19(27)28)12-10-22(8-6-20)14-29-15-24/h15-16,18H,4-14H2,1-3H3,(H,25,26)(H,27,28)/t18-/m0/s1. The van der Waals surface area contributed by atoms with Crippen molar-refractivity contribution in [1.29, 1.82) is 0 Å². The molecule has 29 heavy (non-hydrogen) atoms. The largest absolute Gasteiger partial charge is 0.480 e. The van der Waals surface area contributed by atoms with Gasteiger partial charge in [-0.05, 0) is 12.5 Å². The summed E-state index contributed by atoms with van der Waals surface area (Å²) in [6, 6.07) is -0.661. The van der Waals surface area contributed by atoms with Gasteiger partial charge < -0.3 is 19.8 Å². The van der Waals surface area contributed by atoms with Crippen molar-refractivity contribution in [2.24, 2.45) is 5.92 Å². The Labute approximate surface area is 173 Å². The molecular weight excluding hydrogens is 380 g/mol. The van der Waals surface area contributed by atoms with Gasteiger partial charge in [-0.3, -0.25) is 29.1 Å². The van der Waals surface area contributed by atoms with Crippen LogP contribution in [0.3, 0.4) is 0 Å². The Morgan fingerprint density at radius 2 is 1.45 bits per heavy atom. The summed E-state index contributed by atoms with van der Waals surface area (Å²) < 4.78 is 4.94. The molecule has 0 saturated carbocycles. The Kier molecular flexibility index (Phi) is 11.7. The molecule has 0 aromatic heterocycles. The Morgan fingerprint density at radius 1 is 0.931 bits per heavy atom. The van der Waals surface area contributed by atoms with Gasteiger partial charge in [-0.2, -0.15) is 0 Å². The van der Waals surface area contributed by atoms with Crippen molar-refractivity contribution in [2.75, 3.05) is 72.2 Å². The van der Waals surface area contributed by atoms with E-state index < -0.39 is 18.0 Å². The smallest absolute Gasteiger partial charge is 0.321 e. The van der Waals surface area contributed by atoms with Gasteiger partial charge in [0.2, 0.25) is 0 Å². The fourth-order valence-corrected chi connectivity index (χ4v) is 3.62. The number of carboxylic acids is 2. The highest BCUT2D eigenvalue weighted by Crippen LogP contribution is 2.12. The number of aliphatic carboxylic acids is 2. The van der Waals surface area contributed by atoms with Crippen molar-refractivity contribution < 1.29 is 29.3 Å². The first kappa shape index (κ1) is 25.3. The summed E-state index contributed by atoms with van der Waals surface area (Å²) in [5, 5.41) is 19.0. The highest BCUT2D eigenvalue weighted by molar-refractivity contribution is 5.73. The zero-order valence-corrected chi connectivity index (χ0v) is 17.8. The van der Waals surface area contributed by atoms with Crippen molar-refractivity contribution in [3.05, 3.63) is 0 Å². The topological polar surface area (TPSA) is 114 Å². The van der Waals surface area contributed by atoms with Crippen LogP contribution in [0.4, 0.5) is 0 Å². The zero-order valence-electron chi connectivity index (χ0n) is 17.8. The van der Waals surface area contributed by atoms with Gasteiger partial charge in [0.1, 0.15) is 12.8 Å². The number of nitrogens with zero attached hydrogens (tertiary/aromatic N) is 4. The molecule has 0 amide bonds. The molecule has 1 rings (SSSR count). The molecule has 2 N–H and O–H groups in total. The van der Waals surface area contributed by atoms with Crippen LogP contribution in [0.5, 0.6) is 0 Å². The average Bonchev–Trinajstić information content (AvgIpc) is 2.64. The van der Waals surface area contributed by atoms with Crippen LogP contribution in [0.25, 0.3) is 0 Å². The minimum atomic E-state index is -0.887. The number of carbonyl (C=O) groups excluding carboxylic acids is 1. The molecule has 1 aliphatic rings. The molecule has 168 valence electrons. The van der Waals surface area contributed by atoms with E-state index in [4.69, 9.17) is 4.74 Å². The predicted molar refractivity (Wildman–Crippen MR) is 108 cm³/mol. The van der Waals surface area contributed by atoms with Gasteiger partial charge in [-0.1, -0.05) is 20.8 Å². The van der Waals surface area contributed by atoms with Crippen LogP contribution in [0.2, 0.25) is 0 Å². The summed E-state index contributed by atoms with van der Waals surface area (Å²) in [4.78, 5) is 41.7. The molecule has 10 nitrogen and oxygen atoms in total. The molecule has 0 aromatic rings. The second-order valence-corrected chi connectivity index (χ2v) is 7.68. The van der Waals surface area contributed by atoms with Gasteiger partial charge in [-0.15, -0.1) is 0 Å². The molecule has 0 spiro atoms. The molecule has 0 bridgehead atoms. The van der Waals surface area contributed by atoms with E-state index in [1.165, 1.54) is 0 Å². The fraction of sp³-hybridized carbons (Fsp3) is 0.842. The molecule has 0 aliphatic carbocycles. The average molecular weight is 417 g/mol. The Balaban J connectivity index is 3.00. The van der Waals surface area contributed by atoms with Crippen molar-refractivity contribution in [1.82, 2.24) is 19.6 Å². The molecule has 10 heteroatoms. The van der Waals surface area contributed by atoms with E-state index in [2.05, 4.69) is 11.8 Å². The zero-order chi connectivity index (χ0) is 21.8. The third-order valence-corrected chi connectivity index (χ3v) is 5.28. The van der Waals surface area contributed by atoms with Gasteiger partial charge >= 0.3 is 11.9 Å². The molecule has 1 atom stereocenters. The first-order valence-electron chi connectivity index (χ1n) is 10.2. The monoisotopic (exact) mass is 416 g/mol. The first-order valence-corrected chi connectivity index (χ1v) is 10.2. The summed E-state index contributed by atoms with van der Waals surface area (Å²) in [5.41, 5.74) is 0. The quantitative estimate of drug-likeness (QED) is 0.479. The number of carboxylic acid groups (broad SMARTS) is 2. The second kappa shape index (κ2) is 13.5. The number of ether oxygens (including phenoxy) is 1. The summed E-state index contributed by atoms with van der Waals surface area (Å²) >= 11 is 0. The lowest BCUT2D eigenvalue weighted by molar-refractivity contribution is -0.146. The summed E-state index contributed by atoms with van der Waals surface area (Å²) in [6.45, 7) is 11.9. The van der Waals surface area contributed by atoms with E-state index in [1.807, 2.05) is 28.5 Å². The van der Waals surface area contributed by atoms with E-state index in [0.717, 1.165) is 19.6 Å². The van der Waals surface area contributed by atoms with Gasteiger partial charge in [0.05, 0.1) is 6.54 Å². The minimum Gasteiger partial charge on any atom is -0.480 e. The number of hydrogen-bond donors (Lipinski definition) is 2. The lowest BCUT2D eigenvalue weighted by Gasteiger charge is -2.36. The number of rotatable bonds is 9. The van der Waals surface area contributed by atoms with Crippen LogP contribution in [-0.2, 0) is 19.1 Å². The van der Waals surface area contributed by atoms with Crippen LogP contribution in [-0.4, -0.2) is 126 Å². The molecule has 1 fully saturated rings. The van der Waals surface area contributed by atoms with E-state index in [1.54, 1.807) is 0 Å². The van der Waals surface area contributed by atoms with Crippen LogP contribution in [0, 0.1) is 5.92 Å². The van der Waals surface area contributed by atoms with E-state index in [0.29, 0.717) is 45.7 Å². The molecule has 1 heterocycles. The molecule has 0 radical (unpaired) electrons. The van der Waals surface area contributed by atoms with Gasteiger partial charge in [0, 0.05) is 52.4 Å². The van der Waals surface area contributed by atoms with Crippen molar-refractivity contribution in [2.45, 2.75) is 26.8 Å². The maximum absolute atomic E-state index is 11.9. The number of hydrogen-bond acceptors (Lipinski definition) is 8. The fourth-order valence-electron chi connectivity index (χ4n) is 3.62. The Morgan fingerprint density at radius 3 is 1.93 bits per heavy atom. The first-order chi connectivity index (χ1) is 13.8. The third kappa shape index (κ3) is 9.53. The highest BCUT2D eigenvalue weighted by atomic mass is 16.5. The number of carbonyl (C=O) groups is 3. The van der Waals surface area contributed by atoms with Gasteiger partial charge in [0.25, 0.3) is 6.47 Å². The van der Waals surface area contributed by atoms with Crippen LogP contribution in [0.15, 0.2) is 0 Å². The number of likely N-dealkylation sites (N-methyl/N-ethyl adjacent to an activating group) is 1. The molecule has 0 unspecified atom stereocenters. The third-order valence-electron chi connectivity index (χ3n) is 5.28. The summed E-state index contributed by atoms with van der Waals surface area (Å²) in [7, 11) is 0. The van der Waals surface area contributed by atoms with Crippen LogP contribution >= 0.6 is 0 Å². The molecule has 1 saturated heterocycles. The normalized spacial score (nSPS) is 20.6. The summed E-state index contributed by atoms with van der Waals surface area (Å²) in [5.74, 6) is -1.86. The summed E-state index contributed by atoms with van der Waals surface area (Å²) in [6.07, 6.45) is 0. The second-order valence-electron chi connectivity index (χ2n) is 7.68. The lowest BCUT2D eigenvalue weighted by Crippen LogP contribution is -2.52. The molecule has 1 aliphatic heterocycles. The highest BCUT2D eigenvalue weighted by Gasteiger charge is 2.29. The molecular formula is C19H36N4O6. The Hall–Kier alpha value is -1.75. The SMILES string of the molecule is CCN1CCN(COC=O)CCN([C@H](C(=O)O)C(C)C)CCN(CC(=O)O)CC1. The maximum atomic E-state index is 11.9. The van der Waals surface area contributed by atoms with Gasteiger partial charge in [0.15, 0.2) is 0 Å². The minimum absolute atomic E-state index is 0.0654. The van der Waals surface area contributed by atoms with Crippen molar-refractivity contribution in [3.63, 3.8) is 0 Å². The van der Waals surface area contributed by atoms with Gasteiger partial charge in [-0.25, -0.2) is 0 Å². The maximum Gasteiger partial charge on any atom is 0.321 e. The lowest BCUT2D eigenvalue weighted by atomic mass is 10.0. The molecule has 0 aromatic carbocycles. The van der Waals surface area contributed by atoms with E-state index >= 15 is 0 Å². The Bertz CT molecular complexity index is 519. The van der Waals surface area contributed by atoms with Crippen LogP contribution < -0.4 is 0 Å². The predicted octanol–water partition coefficient (Wildman–Crippen LogP) is -0.448. The van der Waals surface area contributed by atoms with E-state index in [-0.39, 0.29) is 19.2 Å². The van der Waals surface area contributed by atoms with Crippen LogP contribution in [0.1, 0.15) is 20.8 Å². The van der Waals surface area contributed by atoms with Crippen molar-refractivity contribution >= 4 is 18.4 Å². The van der Waals surface area contributed by atoms with E-state index in [9.17, 15) is 24.6 Å². The van der Waals surface area contributed by atoms with Crippen molar-refractivity contribution in [3.8, 4) is 0 Å².